The molecule has 0 atom stereocenters. The van der Waals surface area contributed by atoms with Gasteiger partial charge in [-0.25, -0.2) is 4.98 Å². The van der Waals surface area contributed by atoms with E-state index in [1.165, 1.54) is 0 Å². The maximum atomic E-state index is 11.9. The van der Waals surface area contributed by atoms with Crippen molar-refractivity contribution in [2.24, 2.45) is 0 Å². The van der Waals surface area contributed by atoms with E-state index in [9.17, 15) is 4.79 Å². The number of benzene rings is 1. The number of nitrogens with one attached hydrogen (secondary N) is 2. The molecule has 5 heteroatoms. The first-order valence-electron chi connectivity index (χ1n) is 6.95. The number of anilines is 3. The van der Waals surface area contributed by atoms with Gasteiger partial charge in [-0.3, -0.25) is 4.79 Å². The Bertz CT molecular complexity index is 684. The van der Waals surface area contributed by atoms with Crippen molar-refractivity contribution in [1.82, 2.24) is 10.3 Å². The number of para-hydroxylation sites is 2. The fraction of sp³-hybridized carbons (Fsp3) is 0.250. The highest BCUT2D eigenvalue weighted by Gasteiger charge is 2.24. The molecule has 2 N–H and O–H groups in total. The Morgan fingerprint density at radius 1 is 1.38 bits per heavy atom. The fourth-order valence-corrected chi connectivity index (χ4v) is 2.63. The Hall–Kier alpha value is -2.40. The molecule has 0 unspecified atom stereocenters. The highest BCUT2D eigenvalue weighted by Crippen LogP contribution is 2.35. The molecule has 0 saturated carbocycles. The maximum absolute atomic E-state index is 11.9. The van der Waals surface area contributed by atoms with Crippen LogP contribution >= 0.6 is 0 Å². The lowest BCUT2D eigenvalue weighted by molar-refractivity contribution is -0.115. The third-order valence-electron chi connectivity index (χ3n) is 3.51. The van der Waals surface area contributed by atoms with Crippen LogP contribution in [0.15, 0.2) is 36.5 Å². The summed E-state index contributed by atoms with van der Waals surface area (Å²) in [6, 6.07) is 9.89. The van der Waals surface area contributed by atoms with Gasteiger partial charge in [-0.15, -0.1) is 0 Å². The number of rotatable bonds is 3. The van der Waals surface area contributed by atoms with E-state index in [1.807, 2.05) is 49.3 Å². The summed E-state index contributed by atoms with van der Waals surface area (Å²) < 4.78 is 0. The van der Waals surface area contributed by atoms with E-state index in [-0.39, 0.29) is 12.5 Å². The molecule has 0 saturated heterocycles. The number of amides is 1. The van der Waals surface area contributed by atoms with Crippen molar-refractivity contribution in [2.45, 2.75) is 13.5 Å². The molecule has 0 radical (unpaired) electrons. The Morgan fingerprint density at radius 2 is 2.19 bits per heavy atom. The van der Waals surface area contributed by atoms with Gasteiger partial charge >= 0.3 is 0 Å². The smallest absolute Gasteiger partial charge is 0.244 e. The molecular formula is C16H18N4O. The molecule has 0 fully saturated rings. The lowest BCUT2D eigenvalue weighted by atomic mass is 10.1. The molecule has 0 aliphatic carbocycles. The molecule has 3 rings (SSSR count). The SMILES string of the molecule is CNCc1cnc(N2CC(=O)Nc3ccccc32)c(C)c1. The van der Waals surface area contributed by atoms with Gasteiger partial charge in [0.15, 0.2) is 0 Å². The van der Waals surface area contributed by atoms with Gasteiger partial charge in [-0.05, 0) is 43.3 Å². The second-order valence-corrected chi connectivity index (χ2v) is 5.17. The van der Waals surface area contributed by atoms with Gasteiger partial charge in [0.1, 0.15) is 12.4 Å². The molecule has 1 aromatic carbocycles. The second-order valence-electron chi connectivity index (χ2n) is 5.17. The van der Waals surface area contributed by atoms with Gasteiger partial charge in [-0.2, -0.15) is 0 Å². The van der Waals surface area contributed by atoms with Crippen LogP contribution in [0.1, 0.15) is 11.1 Å². The van der Waals surface area contributed by atoms with Crippen LogP contribution in [0.5, 0.6) is 0 Å². The summed E-state index contributed by atoms with van der Waals surface area (Å²) in [4.78, 5) is 18.4. The second kappa shape index (κ2) is 5.54. The number of pyridine rings is 1. The largest absolute Gasteiger partial charge is 0.323 e. The van der Waals surface area contributed by atoms with Crippen LogP contribution in [0.25, 0.3) is 0 Å². The third-order valence-corrected chi connectivity index (χ3v) is 3.51. The molecule has 108 valence electrons. The minimum atomic E-state index is -0.0193. The third kappa shape index (κ3) is 2.60. The fourth-order valence-electron chi connectivity index (χ4n) is 2.63. The Morgan fingerprint density at radius 3 is 2.95 bits per heavy atom. The van der Waals surface area contributed by atoms with Crippen LogP contribution in [-0.4, -0.2) is 24.5 Å². The molecule has 1 aromatic heterocycles. The molecular weight excluding hydrogens is 264 g/mol. The Kier molecular flexibility index (Phi) is 3.58. The average molecular weight is 282 g/mol. The Labute approximate surface area is 124 Å². The topological polar surface area (TPSA) is 57.3 Å². The van der Waals surface area contributed by atoms with E-state index in [1.54, 1.807) is 0 Å². The van der Waals surface area contributed by atoms with E-state index in [0.29, 0.717) is 0 Å². The van der Waals surface area contributed by atoms with Gasteiger partial charge in [0.05, 0.1) is 11.4 Å². The summed E-state index contributed by atoms with van der Waals surface area (Å²) in [7, 11) is 1.91. The van der Waals surface area contributed by atoms with Crippen molar-refractivity contribution in [3.8, 4) is 0 Å². The van der Waals surface area contributed by atoms with E-state index < -0.39 is 0 Å². The van der Waals surface area contributed by atoms with E-state index in [0.717, 1.165) is 34.9 Å². The van der Waals surface area contributed by atoms with Crippen LogP contribution in [0.3, 0.4) is 0 Å². The van der Waals surface area contributed by atoms with Crippen molar-refractivity contribution in [3.63, 3.8) is 0 Å². The minimum Gasteiger partial charge on any atom is -0.323 e. The molecule has 21 heavy (non-hydrogen) atoms. The van der Waals surface area contributed by atoms with Crippen molar-refractivity contribution >= 4 is 23.1 Å². The summed E-state index contributed by atoms with van der Waals surface area (Å²) in [6.45, 7) is 3.10. The maximum Gasteiger partial charge on any atom is 0.244 e. The first-order valence-corrected chi connectivity index (χ1v) is 6.95. The van der Waals surface area contributed by atoms with Crippen molar-refractivity contribution < 1.29 is 4.79 Å². The monoisotopic (exact) mass is 282 g/mol. The number of hydrogen-bond donors (Lipinski definition) is 2. The standard InChI is InChI=1S/C16H18N4O/c1-11-7-12(8-17-2)9-18-16(11)20-10-15(21)19-13-5-3-4-6-14(13)20/h3-7,9,17H,8,10H2,1-2H3,(H,19,21). The highest BCUT2D eigenvalue weighted by atomic mass is 16.2. The average Bonchev–Trinajstić information content (AvgIpc) is 2.47. The van der Waals surface area contributed by atoms with Crippen molar-refractivity contribution in [1.29, 1.82) is 0 Å². The van der Waals surface area contributed by atoms with E-state index in [2.05, 4.69) is 21.7 Å². The van der Waals surface area contributed by atoms with Crippen LogP contribution < -0.4 is 15.5 Å². The van der Waals surface area contributed by atoms with Gasteiger partial charge in [0.25, 0.3) is 0 Å². The van der Waals surface area contributed by atoms with Gasteiger partial charge < -0.3 is 15.5 Å². The Balaban J connectivity index is 2.02. The zero-order valence-corrected chi connectivity index (χ0v) is 12.2. The molecule has 0 spiro atoms. The van der Waals surface area contributed by atoms with Gasteiger partial charge in [0, 0.05) is 12.7 Å². The molecule has 1 aliphatic heterocycles. The summed E-state index contributed by atoms with van der Waals surface area (Å²) in [6.07, 6.45) is 1.86. The lowest BCUT2D eigenvalue weighted by Gasteiger charge is -2.31. The predicted octanol–water partition coefficient (Wildman–Crippen LogP) is 2.20. The first-order chi connectivity index (χ1) is 10.2. The number of nitrogens with zero attached hydrogens (tertiary/aromatic N) is 2. The van der Waals surface area contributed by atoms with Crippen LogP contribution in [0.4, 0.5) is 17.2 Å². The molecule has 2 aromatic rings. The van der Waals surface area contributed by atoms with Crippen molar-refractivity contribution in [2.75, 3.05) is 23.8 Å². The first kappa shape index (κ1) is 13.6. The van der Waals surface area contributed by atoms with E-state index >= 15 is 0 Å². The normalized spacial score (nSPS) is 13.8. The van der Waals surface area contributed by atoms with Crippen molar-refractivity contribution in [3.05, 3.63) is 47.7 Å². The molecule has 2 heterocycles. The highest BCUT2D eigenvalue weighted by molar-refractivity contribution is 6.03. The summed E-state index contributed by atoms with van der Waals surface area (Å²) in [5.41, 5.74) is 4.00. The number of aromatic nitrogens is 1. The number of hydrogen-bond acceptors (Lipinski definition) is 4. The minimum absolute atomic E-state index is 0.0193. The number of aryl methyl sites for hydroxylation is 1. The number of carbonyl (C=O) groups is 1. The predicted molar refractivity (Wildman–Crippen MR) is 83.8 cm³/mol. The zero-order chi connectivity index (χ0) is 14.8. The van der Waals surface area contributed by atoms with Crippen LogP contribution in [-0.2, 0) is 11.3 Å². The molecule has 1 aliphatic rings. The zero-order valence-electron chi connectivity index (χ0n) is 12.2. The molecule has 0 bridgehead atoms. The van der Waals surface area contributed by atoms with Crippen LogP contribution in [0.2, 0.25) is 0 Å². The van der Waals surface area contributed by atoms with Gasteiger partial charge in [-0.1, -0.05) is 12.1 Å². The summed E-state index contributed by atoms with van der Waals surface area (Å²) in [5, 5.41) is 6.01. The number of fused-ring (bicyclic) bond motifs is 1. The summed E-state index contributed by atoms with van der Waals surface area (Å²) >= 11 is 0. The van der Waals surface area contributed by atoms with Crippen LogP contribution in [0, 0.1) is 6.92 Å². The molecule has 5 nitrogen and oxygen atoms in total. The van der Waals surface area contributed by atoms with Gasteiger partial charge in [0.2, 0.25) is 5.91 Å². The van der Waals surface area contributed by atoms with E-state index in [4.69, 9.17) is 0 Å². The number of carbonyl (C=O) groups excluding carboxylic acids is 1. The molecule has 1 amide bonds. The quantitative estimate of drug-likeness (QED) is 0.906. The summed E-state index contributed by atoms with van der Waals surface area (Å²) in [5.74, 6) is 0.811. The lowest BCUT2D eigenvalue weighted by Crippen LogP contribution is -2.35.